The predicted molar refractivity (Wildman–Crippen MR) is 84.8 cm³/mol. The Morgan fingerprint density at radius 1 is 1.15 bits per heavy atom. The van der Waals surface area contributed by atoms with Gasteiger partial charge < -0.3 is 19.5 Å². The first-order valence-electron chi connectivity index (χ1n) is 7.03. The van der Waals surface area contributed by atoms with Gasteiger partial charge in [-0.3, -0.25) is 0 Å². The van der Waals surface area contributed by atoms with Crippen molar-refractivity contribution in [1.82, 2.24) is 5.32 Å². The Bertz CT molecular complexity index is 374. The zero-order valence-electron chi connectivity index (χ0n) is 12.3. The first kappa shape index (κ1) is 17.3. The number of hydrogen-bond acceptors (Lipinski definition) is 4. The second-order valence-electron chi connectivity index (χ2n) is 4.27. The Balaban J connectivity index is 2.12. The van der Waals surface area contributed by atoms with Gasteiger partial charge >= 0.3 is 0 Å². The fourth-order valence-corrected chi connectivity index (χ4v) is 2.20. The third-order valence-corrected chi connectivity index (χ3v) is 3.40. The molecule has 0 bridgehead atoms. The molecule has 4 nitrogen and oxygen atoms in total. The number of para-hydroxylation sites is 1. The minimum absolute atomic E-state index is 0.616. The summed E-state index contributed by atoms with van der Waals surface area (Å²) in [4.78, 5) is 0. The van der Waals surface area contributed by atoms with E-state index >= 15 is 0 Å². The highest BCUT2D eigenvalue weighted by molar-refractivity contribution is 9.10. The van der Waals surface area contributed by atoms with Crippen LogP contribution in [0.15, 0.2) is 22.7 Å². The van der Waals surface area contributed by atoms with Gasteiger partial charge in [0.2, 0.25) is 0 Å². The number of methoxy groups -OCH3 is 1. The smallest absolute Gasteiger partial charge is 0.175 e. The highest BCUT2D eigenvalue weighted by Gasteiger charge is 2.07. The van der Waals surface area contributed by atoms with Crippen molar-refractivity contribution in [2.45, 2.75) is 19.8 Å². The fraction of sp³-hybridized carbons (Fsp3) is 0.600. The van der Waals surface area contributed by atoms with Gasteiger partial charge in [0, 0.05) is 19.8 Å². The van der Waals surface area contributed by atoms with E-state index in [1.807, 2.05) is 25.1 Å². The number of ether oxygens (including phenoxy) is 3. The van der Waals surface area contributed by atoms with Crippen LogP contribution in [0.25, 0.3) is 0 Å². The zero-order chi connectivity index (χ0) is 14.6. The van der Waals surface area contributed by atoms with Gasteiger partial charge in [-0.05, 0) is 54.4 Å². The maximum Gasteiger partial charge on any atom is 0.175 e. The van der Waals surface area contributed by atoms with Crippen molar-refractivity contribution in [3.8, 4) is 11.5 Å². The second-order valence-corrected chi connectivity index (χ2v) is 5.13. The molecule has 0 heterocycles. The highest BCUT2D eigenvalue weighted by Crippen LogP contribution is 2.34. The van der Waals surface area contributed by atoms with Gasteiger partial charge in [0.25, 0.3) is 0 Å². The van der Waals surface area contributed by atoms with Crippen LogP contribution in [0.3, 0.4) is 0 Å². The fourth-order valence-electron chi connectivity index (χ4n) is 1.74. The summed E-state index contributed by atoms with van der Waals surface area (Å²) in [6, 6.07) is 5.76. The summed E-state index contributed by atoms with van der Waals surface area (Å²) in [5.74, 6) is 1.50. The summed E-state index contributed by atoms with van der Waals surface area (Å²) < 4.78 is 17.2. The maximum absolute atomic E-state index is 5.74. The van der Waals surface area contributed by atoms with E-state index in [4.69, 9.17) is 14.2 Å². The van der Waals surface area contributed by atoms with E-state index in [0.717, 1.165) is 55.1 Å². The zero-order valence-corrected chi connectivity index (χ0v) is 13.9. The number of nitrogens with one attached hydrogen (secondary N) is 1. The second kappa shape index (κ2) is 10.9. The molecule has 0 aliphatic carbocycles. The molecule has 5 heteroatoms. The molecular formula is C15H24BrNO3. The van der Waals surface area contributed by atoms with Crippen LogP contribution in [0.2, 0.25) is 0 Å². The molecule has 114 valence electrons. The van der Waals surface area contributed by atoms with Gasteiger partial charge in [0.1, 0.15) is 6.61 Å². The predicted octanol–water partition coefficient (Wildman–Crippen LogP) is 3.24. The number of unbranched alkanes of at least 4 members (excludes halogenated alkanes) is 1. The summed E-state index contributed by atoms with van der Waals surface area (Å²) in [6.07, 6.45) is 2.22. The average molecular weight is 346 g/mol. The van der Waals surface area contributed by atoms with Gasteiger partial charge in [0.15, 0.2) is 11.5 Å². The van der Waals surface area contributed by atoms with Gasteiger partial charge in [-0.15, -0.1) is 0 Å². The summed E-state index contributed by atoms with van der Waals surface area (Å²) in [7, 11) is 1.64. The first-order valence-corrected chi connectivity index (χ1v) is 7.82. The molecule has 0 spiro atoms. The third kappa shape index (κ3) is 6.59. The van der Waals surface area contributed by atoms with Crippen molar-refractivity contribution >= 4 is 15.9 Å². The number of benzene rings is 1. The molecule has 1 aromatic carbocycles. The van der Waals surface area contributed by atoms with Crippen molar-refractivity contribution in [3.05, 3.63) is 22.7 Å². The van der Waals surface area contributed by atoms with Gasteiger partial charge in [-0.1, -0.05) is 6.07 Å². The van der Waals surface area contributed by atoms with E-state index in [-0.39, 0.29) is 0 Å². The Labute approximate surface area is 129 Å². The monoisotopic (exact) mass is 345 g/mol. The third-order valence-electron chi connectivity index (χ3n) is 2.77. The van der Waals surface area contributed by atoms with Crippen molar-refractivity contribution < 1.29 is 14.2 Å². The minimum atomic E-state index is 0.616. The standard InChI is InChI=1S/C15H24BrNO3/c1-3-19-11-5-4-9-17-10-12-20-15-13(16)7-6-8-14(15)18-2/h6-8,17H,3-5,9-12H2,1-2H3. The lowest BCUT2D eigenvalue weighted by molar-refractivity contribution is 0.143. The van der Waals surface area contributed by atoms with Crippen molar-refractivity contribution in [2.75, 3.05) is 40.0 Å². The maximum atomic E-state index is 5.74. The van der Waals surface area contributed by atoms with Crippen molar-refractivity contribution in [3.63, 3.8) is 0 Å². The Hall–Kier alpha value is -0.780. The molecule has 0 amide bonds. The molecule has 1 N–H and O–H groups in total. The van der Waals surface area contributed by atoms with Crippen LogP contribution < -0.4 is 14.8 Å². The Kier molecular flexibility index (Phi) is 9.45. The van der Waals surface area contributed by atoms with E-state index in [9.17, 15) is 0 Å². The van der Waals surface area contributed by atoms with Crippen LogP contribution >= 0.6 is 15.9 Å². The average Bonchev–Trinajstić information content (AvgIpc) is 2.46. The van der Waals surface area contributed by atoms with E-state index in [2.05, 4.69) is 21.2 Å². The van der Waals surface area contributed by atoms with E-state index in [1.54, 1.807) is 7.11 Å². The van der Waals surface area contributed by atoms with Gasteiger partial charge in [-0.2, -0.15) is 0 Å². The van der Waals surface area contributed by atoms with Crippen LogP contribution in [0, 0.1) is 0 Å². The number of hydrogen-bond donors (Lipinski definition) is 1. The minimum Gasteiger partial charge on any atom is -0.493 e. The molecule has 0 aliphatic heterocycles. The molecule has 0 fully saturated rings. The molecule has 1 rings (SSSR count). The normalized spacial score (nSPS) is 10.6. The first-order chi connectivity index (χ1) is 9.79. The summed E-state index contributed by atoms with van der Waals surface area (Å²) in [6.45, 7) is 6.09. The molecule has 0 atom stereocenters. The lowest BCUT2D eigenvalue weighted by atomic mass is 10.3. The lowest BCUT2D eigenvalue weighted by Gasteiger charge is -2.12. The molecule has 0 aliphatic rings. The van der Waals surface area contributed by atoms with Crippen molar-refractivity contribution in [2.24, 2.45) is 0 Å². The highest BCUT2D eigenvalue weighted by atomic mass is 79.9. The summed E-state index contributed by atoms with van der Waals surface area (Å²) in [5, 5.41) is 3.35. The van der Waals surface area contributed by atoms with Crippen molar-refractivity contribution in [1.29, 1.82) is 0 Å². The topological polar surface area (TPSA) is 39.7 Å². The molecule has 0 radical (unpaired) electrons. The van der Waals surface area contributed by atoms with Gasteiger partial charge in [0.05, 0.1) is 11.6 Å². The molecule has 0 aromatic heterocycles. The summed E-state index contributed by atoms with van der Waals surface area (Å²) >= 11 is 3.47. The number of rotatable bonds is 11. The lowest BCUT2D eigenvalue weighted by Crippen LogP contribution is -2.22. The molecule has 1 aromatic rings. The van der Waals surface area contributed by atoms with E-state index < -0.39 is 0 Å². The van der Waals surface area contributed by atoms with Crippen LogP contribution in [0.1, 0.15) is 19.8 Å². The summed E-state index contributed by atoms with van der Waals surface area (Å²) in [5.41, 5.74) is 0. The van der Waals surface area contributed by atoms with Crippen LogP contribution in [0.5, 0.6) is 11.5 Å². The van der Waals surface area contributed by atoms with Crippen LogP contribution in [-0.4, -0.2) is 40.0 Å². The van der Waals surface area contributed by atoms with Gasteiger partial charge in [-0.25, -0.2) is 0 Å². The molecular weight excluding hydrogens is 322 g/mol. The Morgan fingerprint density at radius 2 is 2.00 bits per heavy atom. The van der Waals surface area contributed by atoms with Crippen LogP contribution in [0.4, 0.5) is 0 Å². The van der Waals surface area contributed by atoms with Crippen LogP contribution in [-0.2, 0) is 4.74 Å². The molecule has 0 saturated carbocycles. The van der Waals surface area contributed by atoms with E-state index in [0.29, 0.717) is 6.61 Å². The molecule has 20 heavy (non-hydrogen) atoms. The quantitative estimate of drug-likeness (QED) is 0.625. The Morgan fingerprint density at radius 3 is 2.75 bits per heavy atom. The largest absolute Gasteiger partial charge is 0.493 e. The SMILES string of the molecule is CCOCCCCNCCOc1c(Br)cccc1OC. The number of halogens is 1. The molecule has 0 unspecified atom stereocenters. The molecule has 0 saturated heterocycles. The van der Waals surface area contributed by atoms with E-state index in [1.165, 1.54) is 0 Å².